The van der Waals surface area contributed by atoms with Crippen molar-refractivity contribution in [1.82, 2.24) is 5.32 Å². The van der Waals surface area contributed by atoms with Crippen molar-refractivity contribution < 1.29 is 0 Å². The average Bonchev–Trinajstić information content (AvgIpc) is 2.29. The molecule has 0 heterocycles. The van der Waals surface area contributed by atoms with E-state index in [1.807, 2.05) is 0 Å². The molecule has 0 saturated carbocycles. The Hall–Kier alpha value is -0.820. The number of benzene rings is 1. The van der Waals surface area contributed by atoms with Gasteiger partial charge in [0.05, 0.1) is 0 Å². The van der Waals surface area contributed by atoms with Gasteiger partial charge >= 0.3 is 0 Å². The van der Waals surface area contributed by atoms with E-state index >= 15 is 0 Å². The van der Waals surface area contributed by atoms with Crippen LogP contribution in [0.25, 0.3) is 0 Å². The van der Waals surface area contributed by atoms with Crippen molar-refractivity contribution in [3.63, 3.8) is 0 Å². The normalized spacial score (nSPS) is 12.9. The lowest BCUT2D eigenvalue weighted by Crippen LogP contribution is -2.19. The summed E-state index contributed by atoms with van der Waals surface area (Å²) in [7, 11) is 2.05. The summed E-state index contributed by atoms with van der Waals surface area (Å²) in [6.45, 7) is 13.5. The molecule has 0 saturated heterocycles. The first-order chi connectivity index (χ1) is 7.45. The molecule has 0 aliphatic heterocycles. The Labute approximate surface area is 100 Å². The minimum atomic E-state index is 0.484. The highest BCUT2D eigenvalue weighted by molar-refractivity contribution is 5.50. The van der Waals surface area contributed by atoms with Gasteiger partial charge in [0.15, 0.2) is 0 Å². The van der Waals surface area contributed by atoms with E-state index in [1.165, 1.54) is 33.4 Å². The van der Waals surface area contributed by atoms with Crippen LogP contribution in [0.4, 0.5) is 0 Å². The quantitative estimate of drug-likeness (QED) is 0.813. The lowest BCUT2D eigenvalue weighted by atomic mass is 9.85. The second-order valence-corrected chi connectivity index (χ2v) is 4.79. The third kappa shape index (κ3) is 2.01. The molecule has 0 aliphatic rings. The van der Waals surface area contributed by atoms with E-state index in [0.717, 1.165) is 6.42 Å². The first kappa shape index (κ1) is 13.2. The Bertz CT molecular complexity index is 358. The molecule has 1 atom stereocenters. The Morgan fingerprint density at radius 1 is 0.812 bits per heavy atom. The molecule has 0 spiro atoms. The first-order valence-corrected chi connectivity index (χ1v) is 6.19. The molecule has 1 heteroatoms. The van der Waals surface area contributed by atoms with Crippen molar-refractivity contribution in [2.24, 2.45) is 0 Å². The Morgan fingerprint density at radius 2 is 1.19 bits per heavy atom. The monoisotopic (exact) mass is 219 g/mol. The standard InChI is InChI=1S/C15H25N/c1-8-14(16-7)15-12(5)10(3)9(2)11(4)13(15)6/h14,16H,8H2,1-7H3. The molecule has 1 aromatic rings. The predicted octanol–water partition coefficient (Wildman–Crippen LogP) is 3.90. The second-order valence-electron chi connectivity index (χ2n) is 4.79. The zero-order chi connectivity index (χ0) is 12.5. The molecule has 16 heavy (non-hydrogen) atoms. The highest BCUT2D eigenvalue weighted by Crippen LogP contribution is 2.31. The van der Waals surface area contributed by atoms with E-state index in [0.29, 0.717) is 6.04 Å². The Morgan fingerprint density at radius 3 is 1.50 bits per heavy atom. The van der Waals surface area contributed by atoms with Gasteiger partial charge in [-0.05, 0) is 81.5 Å². The summed E-state index contributed by atoms with van der Waals surface area (Å²) in [4.78, 5) is 0. The smallest absolute Gasteiger partial charge is 0.0320 e. The lowest BCUT2D eigenvalue weighted by Gasteiger charge is -2.24. The number of rotatable bonds is 3. The number of hydrogen-bond acceptors (Lipinski definition) is 1. The fourth-order valence-electron chi connectivity index (χ4n) is 2.60. The topological polar surface area (TPSA) is 12.0 Å². The summed E-state index contributed by atoms with van der Waals surface area (Å²) in [6, 6.07) is 0.484. The maximum absolute atomic E-state index is 3.42. The molecule has 1 N–H and O–H groups in total. The van der Waals surface area contributed by atoms with Crippen LogP contribution >= 0.6 is 0 Å². The largest absolute Gasteiger partial charge is 0.313 e. The van der Waals surface area contributed by atoms with Crippen molar-refractivity contribution in [2.75, 3.05) is 7.05 Å². The average molecular weight is 219 g/mol. The lowest BCUT2D eigenvalue weighted by molar-refractivity contribution is 0.569. The summed E-state index contributed by atoms with van der Waals surface area (Å²) in [5.74, 6) is 0. The minimum absolute atomic E-state index is 0.484. The van der Waals surface area contributed by atoms with Crippen LogP contribution in [0.15, 0.2) is 0 Å². The van der Waals surface area contributed by atoms with Gasteiger partial charge < -0.3 is 5.32 Å². The van der Waals surface area contributed by atoms with E-state index in [4.69, 9.17) is 0 Å². The fraction of sp³-hybridized carbons (Fsp3) is 0.600. The van der Waals surface area contributed by atoms with Crippen LogP contribution in [0.5, 0.6) is 0 Å². The molecule has 1 aromatic carbocycles. The van der Waals surface area contributed by atoms with Crippen LogP contribution in [-0.2, 0) is 0 Å². The Kier molecular flexibility index (Phi) is 4.15. The minimum Gasteiger partial charge on any atom is -0.313 e. The molecule has 1 nitrogen and oxygen atoms in total. The van der Waals surface area contributed by atoms with Crippen LogP contribution in [0.2, 0.25) is 0 Å². The van der Waals surface area contributed by atoms with Gasteiger partial charge in [-0.3, -0.25) is 0 Å². The highest BCUT2D eigenvalue weighted by Gasteiger charge is 2.17. The summed E-state index contributed by atoms with van der Waals surface area (Å²) in [5, 5.41) is 3.42. The summed E-state index contributed by atoms with van der Waals surface area (Å²) >= 11 is 0. The van der Waals surface area contributed by atoms with E-state index in [1.54, 1.807) is 0 Å². The van der Waals surface area contributed by atoms with Crippen LogP contribution in [0.1, 0.15) is 52.8 Å². The number of nitrogens with one attached hydrogen (secondary N) is 1. The fourth-order valence-corrected chi connectivity index (χ4v) is 2.60. The second kappa shape index (κ2) is 5.01. The van der Waals surface area contributed by atoms with Crippen molar-refractivity contribution in [3.05, 3.63) is 33.4 Å². The van der Waals surface area contributed by atoms with Crippen LogP contribution in [0.3, 0.4) is 0 Å². The zero-order valence-electron chi connectivity index (χ0n) is 11.8. The van der Waals surface area contributed by atoms with Gasteiger partial charge in [-0.2, -0.15) is 0 Å². The molecule has 0 fully saturated rings. The molecule has 0 aliphatic carbocycles. The van der Waals surface area contributed by atoms with E-state index in [9.17, 15) is 0 Å². The molecule has 1 rings (SSSR count). The van der Waals surface area contributed by atoms with Crippen LogP contribution < -0.4 is 5.32 Å². The van der Waals surface area contributed by atoms with Crippen LogP contribution in [0, 0.1) is 34.6 Å². The van der Waals surface area contributed by atoms with Gasteiger partial charge in [0.1, 0.15) is 0 Å². The molecule has 90 valence electrons. The molecule has 0 radical (unpaired) electrons. The highest BCUT2D eigenvalue weighted by atomic mass is 14.9. The molecule has 0 aromatic heterocycles. The summed E-state index contributed by atoms with van der Waals surface area (Å²) in [5.41, 5.74) is 8.78. The summed E-state index contributed by atoms with van der Waals surface area (Å²) < 4.78 is 0. The molecule has 1 unspecified atom stereocenters. The maximum Gasteiger partial charge on any atom is 0.0320 e. The van der Waals surface area contributed by atoms with Crippen molar-refractivity contribution in [2.45, 2.75) is 54.0 Å². The zero-order valence-corrected chi connectivity index (χ0v) is 11.8. The SMILES string of the molecule is CCC(NC)c1c(C)c(C)c(C)c(C)c1C. The van der Waals surface area contributed by atoms with Crippen molar-refractivity contribution in [3.8, 4) is 0 Å². The number of hydrogen-bond donors (Lipinski definition) is 1. The van der Waals surface area contributed by atoms with E-state index < -0.39 is 0 Å². The molecular weight excluding hydrogens is 194 g/mol. The van der Waals surface area contributed by atoms with Gasteiger partial charge in [-0.25, -0.2) is 0 Å². The third-order valence-corrected chi connectivity index (χ3v) is 4.16. The van der Waals surface area contributed by atoms with Gasteiger partial charge in [0, 0.05) is 6.04 Å². The third-order valence-electron chi connectivity index (χ3n) is 4.16. The van der Waals surface area contributed by atoms with E-state index in [2.05, 4.69) is 53.9 Å². The molecule has 0 amide bonds. The maximum atomic E-state index is 3.42. The van der Waals surface area contributed by atoms with Crippen molar-refractivity contribution in [1.29, 1.82) is 0 Å². The van der Waals surface area contributed by atoms with Gasteiger partial charge in [-0.1, -0.05) is 6.92 Å². The predicted molar refractivity (Wildman–Crippen MR) is 72.2 cm³/mol. The van der Waals surface area contributed by atoms with Gasteiger partial charge in [0.2, 0.25) is 0 Å². The summed E-state index contributed by atoms with van der Waals surface area (Å²) in [6.07, 6.45) is 1.14. The molecule has 0 bridgehead atoms. The van der Waals surface area contributed by atoms with Crippen molar-refractivity contribution >= 4 is 0 Å². The van der Waals surface area contributed by atoms with Gasteiger partial charge in [0.25, 0.3) is 0 Å². The first-order valence-electron chi connectivity index (χ1n) is 6.19. The van der Waals surface area contributed by atoms with E-state index in [-0.39, 0.29) is 0 Å². The van der Waals surface area contributed by atoms with Crippen LogP contribution in [-0.4, -0.2) is 7.05 Å². The molecular formula is C15H25N. The van der Waals surface area contributed by atoms with Gasteiger partial charge in [-0.15, -0.1) is 0 Å². The Balaban J connectivity index is 3.50.